The number of rotatable bonds is 3. The second-order valence-corrected chi connectivity index (χ2v) is 4.21. The first-order chi connectivity index (χ1) is 8.79. The molecule has 0 unspecified atom stereocenters. The van der Waals surface area contributed by atoms with Crippen molar-refractivity contribution in [2.24, 2.45) is 0 Å². The monoisotopic (exact) mass is 242 g/mol. The Morgan fingerprint density at radius 3 is 3.00 bits per heavy atom. The SMILES string of the molecule is CNCc1nc(-c2c(C)[nH]c3ccccc23)no1. The summed E-state index contributed by atoms with van der Waals surface area (Å²) < 4.78 is 5.20. The smallest absolute Gasteiger partial charge is 0.240 e. The van der Waals surface area contributed by atoms with Crippen LogP contribution in [0.5, 0.6) is 0 Å². The van der Waals surface area contributed by atoms with Gasteiger partial charge in [0, 0.05) is 16.6 Å². The third-order valence-corrected chi connectivity index (χ3v) is 2.91. The predicted octanol–water partition coefficient (Wildman–Crippen LogP) is 2.25. The summed E-state index contributed by atoms with van der Waals surface area (Å²) in [6.07, 6.45) is 0. The van der Waals surface area contributed by atoms with E-state index < -0.39 is 0 Å². The van der Waals surface area contributed by atoms with Gasteiger partial charge in [0.25, 0.3) is 0 Å². The zero-order valence-corrected chi connectivity index (χ0v) is 10.3. The van der Waals surface area contributed by atoms with E-state index in [1.165, 1.54) is 0 Å². The lowest BCUT2D eigenvalue weighted by Crippen LogP contribution is -2.04. The van der Waals surface area contributed by atoms with E-state index in [9.17, 15) is 0 Å². The van der Waals surface area contributed by atoms with Crippen LogP contribution in [0.2, 0.25) is 0 Å². The van der Waals surface area contributed by atoms with Crippen LogP contribution < -0.4 is 5.32 Å². The largest absolute Gasteiger partial charge is 0.358 e. The molecule has 18 heavy (non-hydrogen) atoms. The minimum atomic E-state index is 0.578. The van der Waals surface area contributed by atoms with E-state index in [1.807, 2.05) is 32.2 Å². The summed E-state index contributed by atoms with van der Waals surface area (Å²) >= 11 is 0. The lowest BCUT2D eigenvalue weighted by atomic mass is 10.1. The maximum Gasteiger partial charge on any atom is 0.240 e. The van der Waals surface area contributed by atoms with Crippen molar-refractivity contribution in [3.8, 4) is 11.4 Å². The lowest BCUT2D eigenvalue weighted by molar-refractivity contribution is 0.372. The van der Waals surface area contributed by atoms with Crippen LogP contribution in [0.3, 0.4) is 0 Å². The Morgan fingerprint density at radius 1 is 1.33 bits per heavy atom. The minimum Gasteiger partial charge on any atom is -0.358 e. The second-order valence-electron chi connectivity index (χ2n) is 4.21. The maximum atomic E-state index is 5.20. The molecule has 0 aliphatic carbocycles. The topological polar surface area (TPSA) is 66.7 Å². The molecule has 0 radical (unpaired) electrons. The van der Waals surface area contributed by atoms with Gasteiger partial charge in [0.05, 0.1) is 12.1 Å². The second kappa shape index (κ2) is 4.27. The Morgan fingerprint density at radius 2 is 2.17 bits per heavy atom. The Kier molecular flexibility index (Phi) is 2.60. The van der Waals surface area contributed by atoms with Crippen molar-refractivity contribution in [3.63, 3.8) is 0 Å². The summed E-state index contributed by atoms with van der Waals surface area (Å²) in [5.74, 6) is 1.23. The molecule has 92 valence electrons. The molecule has 5 nitrogen and oxygen atoms in total. The van der Waals surface area contributed by atoms with Gasteiger partial charge in [-0.1, -0.05) is 23.4 Å². The molecule has 0 saturated carbocycles. The van der Waals surface area contributed by atoms with Crippen molar-refractivity contribution in [2.75, 3.05) is 7.05 Å². The highest BCUT2D eigenvalue weighted by Crippen LogP contribution is 2.29. The van der Waals surface area contributed by atoms with Crippen LogP contribution >= 0.6 is 0 Å². The van der Waals surface area contributed by atoms with Crippen LogP contribution in [0.15, 0.2) is 28.8 Å². The van der Waals surface area contributed by atoms with Gasteiger partial charge in [-0.2, -0.15) is 4.98 Å². The van der Waals surface area contributed by atoms with E-state index in [4.69, 9.17) is 4.52 Å². The normalized spacial score (nSPS) is 11.2. The van der Waals surface area contributed by atoms with Crippen molar-refractivity contribution in [1.29, 1.82) is 0 Å². The molecule has 0 spiro atoms. The molecule has 0 atom stereocenters. The average molecular weight is 242 g/mol. The number of para-hydroxylation sites is 1. The molecular weight excluding hydrogens is 228 g/mol. The lowest BCUT2D eigenvalue weighted by Gasteiger charge is -1.93. The molecular formula is C13H14N4O. The fourth-order valence-corrected chi connectivity index (χ4v) is 2.14. The van der Waals surface area contributed by atoms with Gasteiger partial charge < -0.3 is 14.8 Å². The number of benzene rings is 1. The number of aromatic amines is 1. The van der Waals surface area contributed by atoms with E-state index in [0.29, 0.717) is 18.3 Å². The first-order valence-corrected chi connectivity index (χ1v) is 5.84. The summed E-state index contributed by atoms with van der Waals surface area (Å²) in [5.41, 5.74) is 3.15. The number of nitrogens with one attached hydrogen (secondary N) is 2. The first kappa shape index (κ1) is 11.0. The third kappa shape index (κ3) is 1.69. The van der Waals surface area contributed by atoms with Crippen LogP contribution in [0.4, 0.5) is 0 Å². The molecule has 0 aliphatic heterocycles. The molecule has 2 N–H and O–H groups in total. The highest BCUT2D eigenvalue weighted by molar-refractivity contribution is 5.95. The minimum absolute atomic E-state index is 0.578. The van der Waals surface area contributed by atoms with Crippen molar-refractivity contribution in [3.05, 3.63) is 35.9 Å². The Bertz CT molecular complexity index is 683. The molecule has 2 aromatic heterocycles. The molecule has 0 saturated heterocycles. The molecule has 3 rings (SSSR count). The fraction of sp³-hybridized carbons (Fsp3) is 0.231. The van der Waals surface area contributed by atoms with Gasteiger partial charge in [-0.15, -0.1) is 0 Å². The molecule has 3 aromatic rings. The highest BCUT2D eigenvalue weighted by Gasteiger charge is 2.15. The number of H-pyrrole nitrogens is 1. The van der Waals surface area contributed by atoms with Gasteiger partial charge >= 0.3 is 0 Å². The molecule has 0 amide bonds. The quantitative estimate of drug-likeness (QED) is 0.739. The first-order valence-electron chi connectivity index (χ1n) is 5.84. The Hall–Kier alpha value is -2.14. The zero-order chi connectivity index (χ0) is 12.5. The molecule has 1 aromatic carbocycles. The standard InChI is InChI=1S/C13H14N4O/c1-8-12(9-5-3-4-6-10(9)15-8)13-16-11(7-14-2)18-17-13/h3-6,14-15H,7H2,1-2H3. The summed E-state index contributed by atoms with van der Waals surface area (Å²) in [6, 6.07) is 8.11. The number of hydrogen-bond acceptors (Lipinski definition) is 4. The van der Waals surface area contributed by atoms with E-state index in [0.717, 1.165) is 22.2 Å². The summed E-state index contributed by atoms with van der Waals surface area (Å²) in [7, 11) is 1.85. The number of nitrogens with zero attached hydrogens (tertiary/aromatic N) is 2. The van der Waals surface area contributed by atoms with E-state index in [1.54, 1.807) is 0 Å². The highest BCUT2D eigenvalue weighted by atomic mass is 16.5. The van der Waals surface area contributed by atoms with E-state index in [2.05, 4.69) is 26.5 Å². The van der Waals surface area contributed by atoms with E-state index >= 15 is 0 Å². The van der Waals surface area contributed by atoms with Crippen molar-refractivity contribution in [2.45, 2.75) is 13.5 Å². The Balaban J connectivity index is 2.15. The zero-order valence-electron chi connectivity index (χ0n) is 10.3. The fourth-order valence-electron chi connectivity index (χ4n) is 2.14. The van der Waals surface area contributed by atoms with Gasteiger partial charge in [0.1, 0.15) is 0 Å². The third-order valence-electron chi connectivity index (χ3n) is 2.91. The summed E-state index contributed by atoms with van der Waals surface area (Å²) in [4.78, 5) is 7.72. The van der Waals surface area contributed by atoms with Gasteiger partial charge in [0.15, 0.2) is 0 Å². The molecule has 5 heteroatoms. The van der Waals surface area contributed by atoms with Gasteiger partial charge in [0.2, 0.25) is 11.7 Å². The molecule has 0 bridgehead atoms. The van der Waals surface area contributed by atoms with Gasteiger partial charge in [-0.25, -0.2) is 0 Å². The average Bonchev–Trinajstić information content (AvgIpc) is 2.92. The van der Waals surface area contributed by atoms with Crippen LogP contribution in [-0.2, 0) is 6.54 Å². The van der Waals surface area contributed by atoms with Gasteiger partial charge in [-0.05, 0) is 20.0 Å². The number of hydrogen-bond donors (Lipinski definition) is 2. The van der Waals surface area contributed by atoms with Gasteiger partial charge in [-0.3, -0.25) is 0 Å². The molecule has 2 heterocycles. The summed E-state index contributed by atoms with van der Waals surface area (Å²) in [6.45, 7) is 2.60. The van der Waals surface area contributed by atoms with E-state index in [-0.39, 0.29) is 0 Å². The number of aromatic nitrogens is 3. The van der Waals surface area contributed by atoms with Crippen LogP contribution in [0.1, 0.15) is 11.6 Å². The molecule has 0 aliphatic rings. The van der Waals surface area contributed by atoms with Crippen LogP contribution in [0, 0.1) is 6.92 Å². The van der Waals surface area contributed by atoms with Crippen LogP contribution in [0.25, 0.3) is 22.3 Å². The predicted molar refractivity (Wildman–Crippen MR) is 69.1 cm³/mol. The summed E-state index contributed by atoms with van der Waals surface area (Å²) in [5, 5.41) is 8.15. The van der Waals surface area contributed by atoms with Crippen molar-refractivity contribution < 1.29 is 4.52 Å². The van der Waals surface area contributed by atoms with Crippen LogP contribution in [-0.4, -0.2) is 22.2 Å². The number of aryl methyl sites for hydroxylation is 1. The number of fused-ring (bicyclic) bond motifs is 1. The van der Waals surface area contributed by atoms with Crippen molar-refractivity contribution in [1.82, 2.24) is 20.4 Å². The maximum absolute atomic E-state index is 5.20. The van der Waals surface area contributed by atoms with Crippen molar-refractivity contribution >= 4 is 10.9 Å². The Labute approximate surface area is 104 Å². The molecule has 0 fully saturated rings.